The fourth-order valence-corrected chi connectivity index (χ4v) is 8.65. The van der Waals surface area contributed by atoms with E-state index < -0.39 is 5.60 Å². The van der Waals surface area contributed by atoms with Gasteiger partial charge in [-0.25, -0.2) is 9.59 Å². The zero-order valence-corrected chi connectivity index (χ0v) is 20.3. The number of esters is 1. The molecular formula is C28H38O5. The predicted octanol–water partition coefficient (Wildman–Crippen LogP) is 5.37. The minimum absolute atomic E-state index is 0.00985. The molecule has 4 saturated carbocycles. The van der Waals surface area contributed by atoms with Gasteiger partial charge in [-0.2, -0.15) is 0 Å². The minimum Gasteiger partial charge on any atom is -0.459 e. The third-order valence-corrected chi connectivity index (χ3v) is 10.6. The van der Waals surface area contributed by atoms with Gasteiger partial charge >= 0.3 is 11.6 Å². The molecule has 0 unspecified atom stereocenters. The first kappa shape index (κ1) is 22.9. The van der Waals surface area contributed by atoms with Gasteiger partial charge in [0.2, 0.25) is 0 Å². The first-order valence-electron chi connectivity index (χ1n) is 12.8. The number of fused-ring (bicyclic) bond motifs is 5. The van der Waals surface area contributed by atoms with Crippen LogP contribution in [0.15, 0.2) is 39.8 Å². The summed E-state index contributed by atoms with van der Waals surface area (Å²) in [5.41, 5.74) is 0.487. The summed E-state index contributed by atoms with van der Waals surface area (Å²) in [6.07, 6.45) is 10.5. The van der Waals surface area contributed by atoms with Gasteiger partial charge in [-0.05, 0) is 105 Å². The number of hydrogen-bond acceptors (Lipinski definition) is 5. The summed E-state index contributed by atoms with van der Waals surface area (Å²) >= 11 is 0. The summed E-state index contributed by atoms with van der Waals surface area (Å²) < 4.78 is 10.9. The largest absolute Gasteiger partial charge is 0.459 e. The summed E-state index contributed by atoms with van der Waals surface area (Å²) in [7, 11) is 0. The molecule has 4 fully saturated rings. The number of carbonyl (C=O) groups excluding carboxylic acids is 1. The first-order chi connectivity index (χ1) is 15.6. The Morgan fingerprint density at radius 2 is 1.88 bits per heavy atom. The third-order valence-electron chi connectivity index (χ3n) is 10.6. The molecule has 33 heavy (non-hydrogen) atoms. The van der Waals surface area contributed by atoms with Crippen LogP contribution < -0.4 is 5.63 Å². The molecule has 1 aromatic rings. The number of ether oxygens (including phenoxy) is 1. The second-order valence-electron chi connectivity index (χ2n) is 11.9. The van der Waals surface area contributed by atoms with E-state index in [1.807, 2.05) is 6.07 Å². The van der Waals surface area contributed by atoms with Gasteiger partial charge in [0.25, 0.3) is 0 Å². The van der Waals surface area contributed by atoms with Crippen LogP contribution in [-0.2, 0) is 9.53 Å². The molecule has 5 nitrogen and oxygen atoms in total. The summed E-state index contributed by atoms with van der Waals surface area (Å²) in [4.78, 5) is 23.6. The van der Waals surface area contributed by atoms with Crippen LogP contribution in [0.2, 0.25) is 0 Å². The van der Waals surface area contributed by atoms with Crippen molar-refractivity contribution in [1.29, 1.82) is 0 Å². The molecule has 0 aromatic carbocycles. The summed E-state index contributed by atoms with van der Waals surface area (Å²) in [5, 5.41) is 12.3. The molecular weight excluding hydrogens is 416 g/mol. The lowest BCUT2D eigenvalue weighted by molar-refractivity contribution is -0.207. The second kappa shape index (κ2) is 7.83. The average Bonchev–Trinajstić information content (AvgIpc) is 3.06. The molecule has 1 aromatic heterocycles. The summed E-state index contributed by atoms with van der Waals surface area (Å²) in [6, 6.07) is 3.40. The topological polar surface area (TPSA) is 76.7 Å². The molecule has 0 saturated heterocycles. The molecule has 8 atom stereocenters. The number of aliphatic hydroxyl groups is 1. The van der Waals surface area contributed by atoms with E-state index >= 15 is 0 Å². The Hall–Kier alpha value is -1.88. The SMILES string of the molecule is C=C(C)C(=O)O[C@@H]1CC[C@@]2(C)[C@@H](CC[C@@H]3[C@@H]2CC[C@]2(C)[C@@H](c4ccc(=O)oc4)CC[C@@]32O)C1. The Morgan fingerprint density at radius 1 is 1.09 bits per heavy atom. The summed E-state index contributed by atoms with van der Waals surface area (Å²) in [6.45, 7) is 10.1. The standard InChI is InChI=1S/C28H38O5/c1-17(2)25(30)33-20-9-12-26(3)19(15-20)6-7-23-22(26)10-13-27(4)21(11-14-28(23,27)31)18-5-8-24(29)32-16-18/h5,8,16,19-23,31H,1,6-7,9-15H2,2-4H3/t19-,20+,21+,22-,23+,26-,27+,28+/m0/s1. The van der Waals surface area contributed by atoms with Crippen LogP contribution in [0.5, 0.6) is 0 Å². The molecule has 4 aliphatic rings. The van der Waals surface area contributed by atoms with Gasteiger partial charge in [0.15, 0.2) is 0 Å². The maximum Gasteiger partial charge on any atom is 0.335 e. The average molecular weight is 455 g/mol. The van der Waals surface area contributed by atoms with E-state index in [1.54, 1.807) is 13.2 Å². The van der Waals surface area contributed by atoms with Crippen molar-refractivity contribution in [2.24, 2.45) is 28.6 Å². The van der Waals surface area contributed by atoms with Crippen LogP contribution in [0, 0.1) is 28.6 Å². The minimum atomic E-state index is -0.687. The second-order valence-corrected chi connectivity index (χ2v) is 11.9. The lowest BCUT2D eigenvalue weighted by Crippen LogP contribution is -2.62. The Balaban J connectivity index is 1.37. The Morgan fingerprint density at radius 3 is 2.58 bits per heavy atom. The highest BCUT2D eigenvalue weighted by Crippen LogP contribution is 2.70. The van der Waals surface area contributed by atoms with Crippen molar-refractivity contribution in [2.75, 3.05) is 0 Å². The van der Waals surface area contributed by atoms with Crippen molar-refractivity contribution in [1.82, 2.24) is 0 Å². The van der Waals surface area contributed by atoms with Crippen molar-refractivity contribution in [3.8, 4) is 0 Å². The maximum atomic E-state index is 12.3. The normalized spacial score (nSPS) is 44.3. The highest BCUT2D eigenvalue weighted by atomic mass is 16.5. The van der Waals surface area contributed by atoms with Gasteiger partial charge in [-0.1, -0.05) is 20.4 Å². The number of rotatable bonds is 3. The van der Waals surface area contributed by atoms with E-state index in [2.05, 4.69) is 20.4 Å². The molecule has 1 N–H and O–H groups in total. The molecule has 0 aliphatic heterocycles. The van der Waals surface area contributed by atoms with E-state index in [0.717, 1.165) is 63.4 Å². The molecule has 0 radical (unpaired) electrons. The zero-order valence-electron chi connectivity index (χ0n) is 20.3. The first-order valence-corrected chi connectivity index (χ1v) is 12.8. The fraction of sp³-hybridized carbons (Fsp3) is 0.714. The molecule has 0 spiro atoms. The third kappa shape index (κ3) is 3.37. The van der Waals surface area contributed by atoms with E-state index in [0.29, 0.717) is 23.3 Å². The van der Waals surface area contributed by atoms with Gasteiger partial charge in [0.05, 0.1) is 11.9 Å². The molecule has 5 rings (SSSR count). The quantitative estimate of drug-likeness (QED) is 0.491. The molecule has 4 aliphatic carbocycles. The molecule has 5 heteroatoms. The van der Waals surface area contributed by atoms with Gasteiger partial charge < -0.3 is 14.3 Å². The predicted molar refractivity (Wildman–Crippen MR) is 126 cm³/mol. The number of hydrogen-bond donors (Lipinski definition) is 1. The smallest absolute Gasteiger partial charge is 0.335 e. The molecule has 0 amide bonds. The number of carbonyl (C=O) groups is 1. The van der Waals surface area contributed by atoms with Crippen LogP contribution >= 0.6 is 0 Å². The molecule has 0 bridgehead atoms. The maximum absolute atomic E-state index is 12.3. The van der Waals surface area contributed by atoms with E-state index in [4.69, 9.17) is 9.15 Å². The summed E-state index contributed by atoms with van der Waals surface area (Å²) in [5.74, 6) is 1.28. The zero-order chi connectivity index (χ0) is 23.6. The Bertz CT molecular complexity index is 991. The lowest BCUT2D eigenvalue weighted by Gasteiger charge is -2.63. The highest BCUT2D eigenvalue weighted by Gasteiger charge is 2.67. The van der Waals surface area contributed by atoms with Gasteiger partial charge in [0.1, 0.15) is 6.10 Å². The van der Waals surface area contributed by atoms with E-state index in [1.165, 1.54) is 6.07 Å². The van der Waals surface area contributed by atoms with E-state index in [9.17, 15) is 14.7 Å². The highest BCUT2D eigenvalue weighted by molar-refractivity contribution is 5.87. The van der Waals surface area contributed by atoms with Gasteiger partial charge in [0, 0.05) is 17.1 Å². The van der Waals surface area contributed by atoms with Crippen molar-refractivity contribution in [3.63, 3.8) is 0 Å². The van der Waals surface area contributed by atoms with Crippen LogP contribution in [0.4, 0.5) is 0 Å². The van der Waals surface area contributed by atoms with Crippen molar-refractivity contribution in [2.45, 2.75) is 96.2 Å². The van der Waals surface area contributed by atoms with Crippen molar-refractivity contribution >= 4 is 5.97 Å². The van der Waals surface area contributed by atoms with Gasteiger partial charge in [-0.3, -0.25) is 0 Å². The fourth-order valence-electron chi connectivity index (χ4n) is 8.65. The van der Waals surface area contributed by atoms with Crippen molar-refractivity contribution in [3.05, 3.63) is 46.5 Å². The lowest BCUT2D eigenvalue weighted by atomic mass is 9.43. The monoisotopic (exact) mass is 454 g/mol. The Labute approximate surface area is 196 Å². The Kier molecular flexibility index (Phi) is 5.43. The molecule has 1 heterocycles. The molecule has 180 valence electrons. The van der Waals surface area contributed by atoms with Gasteiger partial charge in [-0.15, -0.1) is 0 Å². The van der Waals surface area contributed by atoms with E-state index in [-0.39, 0.29) is 34.4 Å². The van der Waals surface area contributed by atoms with Crippen LogP contribution in [0.1, 0.15) is 90.0 Å². The van der Waals surface area contributed by atoms with Crippen LogP contribution in [-0.4, -0.2) is 22.8 Å². The van der Waals surface area contributed by atoms with Crippen LogP contribution in [0.25, 0.3) is 0 Å². The van der Waals surface area contributed by atoms with Crippen molar-refractivity contribution < 1.29 is 19.1 Å². The van der Waals surface area contributed by atoms with Crippen LogP contribution in [0.3, 0.4) is 0 Å².